The number of rotatable bonds is 4. The topological polar surface area (TPSA) is 31.4 Å². The molecule has 0 amide bonds. The summed E-state index contributed by atoms with van der Waals surface area (Å²) in [5.41, 5.74) is 0. The van der Waals surface area contributed by atoms with E-state index < -0.39 is 51.7 Å². The minimum absolute atomic E-state index is 0.378. The minimum Gasteiger partial charge on any atom is -0.439 e. The lowest BCUT2D eigenvalue weighted by atomic mass is 10.5. The van der Waals surface area contributed by atoms with Gasteiger partial charge >= 0.3 is 40.0 Å². The van der Waals surface area contributed by atoms with Crippen LogP contribution in [0.5, 0.6) is 11.8 Å². The summed E-state index contributed by atoms with van der Waals surface area (Å²) < 4.78 is 155. The molecule has 0 saturated carbocycles. The fourth-order valence-corrected chi connectivity index (χ4v) is 2.75. The van der Waals surface area contributed by atoms with Crippen molar-refractivity contribution in [2.45, 2.75) is 23.7 Å². The molecule has 1 aromatic heterocycles. The van der Waals surface area contributed by atoms with Gasteiger partial charge < -0.3 is 9.05 Å². The highest BCUT2D eigenvalue weighted by Crippen LogP contribution is 2.65. The molecule has 26 heavy (non-hydrogen) atoms. The summed E-state index contributed by atoms with van der Waals surface area (Å²) in [5.74, 6) is -26.6. The maximum Gasteiger partial charge on any atom is 0.451 e. The Morgan fingerprint density at radius 2 is 0.846 bits per heavy atom. The van der Waals surface area contributed by atoms with Crippen LogP contribution in [0.4, 0.5) is 52.7 Å². The monoisotopic (exact) mass is 447 g/mol. The van der Waals surface area contributed by atoms with Gasteiger partial charge in [-0.15, -0.1) is 0 Å². The highest BCUT2D eigenvalue weighted by atomic mass is 31.1. The predicted octanol–water partition coefficient (Wildman–Crippen LogP) is 6.71. The Labute approximate surface area is 137 Å². The third kappa shape index (κ3) is 6.49. The van der Waals surface area contributed by atoms with Crippen molar-refractivity contribution < 1.29 is 61.7 Å². The Kier molecular flexibility index (Phi) is 6.50. The van der Waals surface area contributed by atoms with E-state index in [9.17, 15) is 52.7 Å². The molecule has 0 saturated heterocycles. The first-order valence-corrected chi connectivity index (χ1v) is 8.15. The van der Waals surface area contributed by atoms with Crippen LogP contribution >= 0.6 is 16.3 Å². The Hall–Kier alpha value is -1.23. The highest BCUT2D eigenvalue weighted by Gasteiger charge is 2.62. The molecular formula is C9H3F12NO2P2. The van der Waals surface area contributed by atoms with Gasteiger partial charge in [0.25, 0.3) is 0 Å². The van der Waals surface area contributed by atoms with Crippen LogP contribution in [0.25, 0.3) is 0 Å². The van der Waals surface area contributed by atoms with Crippen molar-refractivity contribution in [2.24, 2.45) is 0 Å². The summed E-state index contributed by atoms with van der Waals surface area (Å²) in [4.78, 5) is 2.69. The second-order valence-electron chi connectivity index (χ2n) is 3.96. The SMILES string of the molecule is FC(F)(F)P(Oc1cccc(OP(C(F)(F)F)C(F)(F)F)n1)C(F)(F)F. The molecule has 150 valence electrons. The smallest absolute Gasteiger partial charge is 0.439 e. The van der Waals surface area contributed by atoms with Crippen LogP contribution in [0.3, 0.4) is 0 Å². The standard InChI is InChI=1S/C9H3F12NO2P2/c10-6(11,12)25(7(13,14)15)23-4-2-1-3-5(22-4)24-26(8(16,17)18)9(19,20)21/h1-3H. The van der Waals surface area contributed by atoms with E-state index in [-0.39, 0.29) is 0 Å². The Morgan fingerprint density at radius 3 is 1.08 bits per heavy atom. The van der Waals surface area contributed by atoms with Gasteiger partial charge in [0.05, 0.1) is 0 Å². The van der Waals surface area contributed by atoms with Crippen LogP contribution in [-0.2, 0) is 0 Å². The zero-order valence-electron chi connectivity index (χ0n) is 11.4. The molecule has 1 aromatic rings. The van der Waals surface area contributed by atoms with Gasteiger partial charge in [-0.2, -0.15) is 57.7 Å². The lowest BCUT2D eigenvalue weighted by Crippen LogP contribution is -2.22. The molecule has 0 aliphatic carbocycles. The zero-order valence-corrected chi connectivity index (χ0v) is 13.2. The molecule has 0 unspecified atom stereocenters. The maximum atomic E-state index is 12.4. The quantitative estimate of drug-likeness (QED) is 0.380. The number of nitrogens with zero attached hydrogens (tertiary/aromatic N) is 1. The molecule has 1 heterocycles. The summed E-state index contributed by atoms with van der Waals surface area (Å²) in [5, 5.41) is 0. The summed E-state index contributed by atoms with van der Waals surface area (Å²) in [6.45, 7) is 0. The Balaban J connectivity index is 3.11. The lowest BCUT2D eigenvalue weighted by Gasteiger charge is -2.23. The largest absolute Gasteiger partial charge is 0.451 e. The van der Waals surface area contributed by atoms with Crippen LogP contribution in [0.2, 0.25) is 0 Å². The Bertz CT molecular complexity index is 533. The van der Waals surface area contributed by atoms with Crippen molar-refractivity contribution in [3.8, 4) is 11.8 Å². The molecule has 0 aliphatic heterocycles. The van der Waals surface area contributed by atoms with E-state index in [4.69, 9.17) is 0 Å². The highest BCUT2D eigenvalue weighted by molar-refractivity contribution is 7.55. The molecule has 0 spiro atoms. The first-order valence-electron chi connectivity index (χ1n) is 5.63. The second-order valence-corrected chi connectivity index (χ2v) is 7.53. The van der Waals surface area contributed by atoms with Crippen molar-refractivity contribution in [3.63, 3.8) is 0 Å². The molecule has 0 N–H and O–H groups in total. The van der Waals surface area contributed by atoms with Crippen molar-refractivity contribution in [1.29, 1.82) is 0 Å². The number of pyridine rings is 1. The van der Waals surface area contributed by atoms with Crippen LogP contribution in [0.15, 0.2) is 18.2 Å². The number of hydrogen-bond acceptors (Lipinski definition) is 3. The summed E-state index contributed by atoms with van der Waals surface area (Å²) >= 11 is 0. The van der Waals surface area contributed by atoms with E-state index in [1.807, 2.05) is 0 Å². The molecule has 0 bridgehead atoms. The lowest BCUT2D eigenvalue weighted by molar-refractivity contribution is -0.0941. The first kappa shape index (κ1) is 22.8. The van der Waals surface area contributed by atoms with Gasteiger partial charge in [0.1, 0.15) is 0 Å². The van der Waals surface area contributed by atoms with E-state index in [1.54, 1.807) is 0 Å². The molecule has 0 radical (unpaired) electrons. The number of hydrogen-bond donors (Lipinski definition) is 0. The van der Waals surface area contributed by atoms with Gasteiger partial charge in [-0.25, -0.2) is 0 Å². The van der Waals surface area contributed by atoms with Crippen molar-refractivity contribution >= 4 is 16.3 Å². The van der Waals surface area contributed by atoms with Crippen molar-refractivity contribution in [3.05, 3.63) is 18.2 Å². The molecule has 3 nitrogen and oxygen atoms in total. The van der Waals surface area contributed by atoms with E-state index in [2.05, 4.69) is 14.0 Å². The molecule has 0 fully saturated rings. The second kappa shape index (κ2) is 7.41. The van der Waals surface area contributed by atoms with Gasteiger partial charge in [0, 0.05) is 12.1 Å². The van der Waals surface area contributed by atoms with Gasteiger partial charge in [-0.3, -0.25) is 0 Å². The zero-order chi connectivity index (χ0) is 20.6. The van der Waals surface area contributed by atoms with E-state index in [1.165, 1.54) is 0 Å². The third-order valence-corrected chi connectivity index (χ3v) is 4.57. The van der Waals surface area contributed by atoms with Crippen LogP contribution in [0, 0.1) is 0 Å². The van der Waals surface area contributed by atoms with E-state index >= 15 is 0 Å². The van der Waals surface area contributed by atoms with E-state index in [0.29, 0.717) is 18.2 Å². The van der Waals surface area contributed by atoms with Crippen molar-refractivity contribution in [2.75, 3.05) is 0 Å². The number of aromatic nitrogens is 1. The van der Waals surface area contributed by atoms with Gasteiger partial charge in [-0.1, -0.05) is 6.07 Å². The molecule has 0 atom stereocenters. The fourth-order valence-electron chi connectivity index (χ4n) is 1.18. The van der Waals surface area contributed by atoms with Gasteiger partial charge in [0.15, 0.2) is 0 Å². The van der Waals surface area contributed by atoms with Crippen LogP contribution in [-0.4, -0.2) is 28.7 Å². The predicted molar refractivity (Wildman–Crippen MR) is 63.6 cm³/mol. The molecule has 17 heteroatoms. The Morgan fingerprint density at radius 1 is 0.577 bits per heavy atom. The van der Waals surface area contributed by atoms with Crippen molar-refractivity contribution in [1.82, 2.24) is 4.98 Å². The average Bonchev–Trinajstić information content (AvgIpc) is 2.37. The fraction of sp³-hybridized carbons (Fsp3) is 0.444. The summed E-state index contributed by atoms with van der Waals surface area (Å²) in [6, 6.07) is 1.27. The van der Waals surface area contributed by atoms with Gasteiger partial charge in [0.2, 0.25) is 11.8 Å². The molecule has 0 aliphatic rings. The summed E-state index contributed by atoms with van der Waals surface area (Å²) in [7, 11) is -10.3. The average molecular weight is 447 g/mol. The van der Waals surface area contributed by atoms with Crippen LogP contribution < -0.4 is 9.05 Å². The van der Waals surface area contributed by atoms with Crippen LogP contribution in [0.1, 0.15) is 0 Å². The third-order valence-electron chi connectivity index (χ3n) is 1.99. The minimum atomic E-state index is -5.91. The number of alkyl halides is 12. The first-order chi connectivity index (χ1) is 11.4. The van der Waals surface area contributed by atoms with Gasteiger partial charge in [-0.05, 0) is 0 Å². The van der Waals surface area contributed by atoms with E-state index in [0.717, 1.165) is 0 Å². The normalized spacial score (nSPS) is 14.1. The number of halogens is 12. The molecule has 1 rings (SSSR count). The summed E-state index contributed by atoms with van der Waals surface area (Å²) in [6.07, 6.45) is 0. The molecular weight excluding hydrogens is 444 g/mol. The molecule has 0 aromatic carbocycles. The maximum absolute atomic E-state index is 12.4.